The molecule has 0 radical (unpaired) electrons. The van der Waals surface area contributed by atoms with Gasteiger partial charge in [0, 0.05) is 24.1 Å². The van der Waals surface area contributed by atoms with Crippen LogP contribution >= 0.6 is 0 Å². The maximum Gasteiger partial charge on any atom is 0.324 e. The number of esters is 2. The van der Waals surface area contributed by atoms with Gasteiger partial charge in [-0.05, 0) is 26.3 Å². The minimum Gasteiger partial charge on any atom is -0.479 e. The van der Waals surface area contributed by atoms with Crippen LogP contribution in [0.3, 0.4) is 0 Å². The Morgan fingerprint density at radius 1 is 1.13 bits per heavy atom. The first-order chi connectivity index (χ1) is 10.9. The minimum absolute atomic E-state index is 0.0136. The molecule has 0 aliphatic heterocycles. The summed E-state index contributed by atoms with van der Waals surface area (Å²) in [5, 5.41) is 0. The predicted molar refractivity (Wildman–Crippen MR) is 78.6 cm³/mol. The second-order valence-corrected chi connectivity index (χ2v) is 5.35. The number of halogens is 1. The Balaban J connectivity index is 2.52. The molecule has 1 heterocycles. The molecule has 6 nitrogen and oxygen atoms in total. The van der Waals surface area contributed by atoms with Gasteiger partial charge in [0.25, 0.3) is 5.88 Å². The third-order valence-electron chi connectivity index (χ3n) is 4.01. The van der Waals surface area contributed by atoms with Gasteiger partial charge in [-0.15, -0.1) is 0 Å². The quantitative estimate of drug-likeness (QED) is 0.606. The average molecular weight is 325 g/mol. The molecule has 0 saturated carbocycles. The number of carbonyl (C=O) groups excluding carboxylic acids is 2. The fraction of sp³-hybridized carbons (Fsp3) is 0.562. The van der Waals surface area contributed by atoms with E-state index in [4.69, 9.17) is 14.2 Å². The molecule has 1 aliphatic rings. The molecule has 2 rings (SSSR count). The molecule has 0 bridgehead atoms. The zero-order valence-corrected chi connectivity index (χ0v) is 13.7. The van der Waals surface area contributed by atoms with Gasteiger partial charge < -0.3 is 14.2 Å². The Hall–Kier alpha value is -2.18. The lowest BCUT2D eigenvalue weighted by molar-refractivity contribution is -0.171. The second kappa shape index (κ2) is 6.52. The number of aromatic nitrogens is 1. The normalized spacial score (nSPS) is 15.0. The number of hydrogen-bond acceptors (Lipinski definition) is 6. The van der Waals surface area contributed by atoms with Crippen LogP contribution in [-0.4, -0.2) is 37.2 Å². The number of aryl methyl sites for hydroxylation is 1. The SMILES string of the molecule is CCOC(=O)C1(C(=O)OCC)Cc2c(C)nc(OC)c(F)c2C1. The number of rotatable bonds is 5. The van der Waals surface area contributed by atoms with E-state index in [1.54, 1.807) is 20.8 Å². The lowest BCUT2D eigenvalue weighted by atomic mass is 9.84. The van der Waals surface area contributed by atoms with Gasteiger partial charge >= 0.3 is 11.9 Å². The molecule has 0 fully saturated rings. The summed E-state index contributed by atoms with van der Waals surface area (Å²) in [4.78, 5) is 28.9. The van der Waals surface area contributed by atoms with Crippen LogP contribution in [0.25, 0.3) is 0 Å². The number of pyridine rings is 1. The van der Waals surface area contributed by atoms with Crippen molar-refractivity contribution < 1.29 is 28.2 Å². The number of methoxy groups -OCH3 is 1. The van der Waals surface area contributed by atoms with Crippen molar-refractivity contribution in [1.29, 1.82) is 0 Å². The summed E-state index contributed by atoms with van der Waals surface area (Å²) in [7, 11) is 1.32. The number of carbonyl (C=O) groups is 2. The summed E-state index contributed by atoms with van der Waals surface area (Å²) < 4.78 is 29.5. The third kappa shape index (κ3) is 2.75. The van der Waals surface area contributed by atoms with E-state index in [9.17, 15) is 14.0 Å². The van der Waals surface area contributed by atoms with E-state index >= 15 is 0 Å². The van der Waals surface area contributed by atoms with Crippen LogP contribution in [0.15, 0.2) is 0 Å². The minimum atomic E-state index is -1.56. The first kappa shape index (κ1) is 17.2. The van der Waals surface area contributed by atoms with Gasteiger partial charge in [0.15, 0.2) is 11.2 Å². The number of fused-ring (bicyclic) bond motifs is 1. The molecule has 0 atom stereocenters. The van der Waals surface area contributed by atoms with Crippen LogP contribution in [0.4, 0.5) is 4.39 Å². The highest BCUT2D eigenvalue weighted by Crippen LogP contribution is 2.43. The van der Waals surface area contributed by atoms with Crippen LogP contribution in [-0.2, 0) is 31.9 Å². The summed E-state index contributed by atoms with van der Waals surface area (Å²) >= 11 is 0. The Bertz CT molecular complexity index is 626. The fourth-order valence-corrected chi connectivity index (χ4v) is 2.88. The van der Waals surface area contributed by atoms with E-state index in [1.807, 2.05) is 0 Å². The highest BCUT2D eigenvalue weighted by molar-refractivity contribution is 6.01. The smallest absolute Gasteiger partial charge is 0.324 e. The van der Waals surface area contributed by atoms with Crippen LogP contribution in [0, 0.1) is 18.2 Å². The number of hydrogen-bond donors (Lipinski definition) is 0. The molecule has 126 valence electrons. The predicted octanol–water partition coefficient (Wildman–Crippen LogP) is 1.75. The molecule has 23 heavy (non-hydrogen) atoms. The van der Waals surface area contributed by atoms with Crippen molar-refractivity contribution >= 4 is 11.9 Å². The summed E-state index contributed by atoms with van der Waals surface area (Å²) in [6.45, 7) is 5.23. The van der Waals surface area contributed by atoms with Gasteiger partial charge in [-0.2, -0.15) is 0 Å². The van der Waals surface area contributed by atoms with Crippen molar-refractivity contribution in [2.75, 3.05) is 20.3 Å². The van der Waals surface area contributed by atoms with E-state index < -0.39 is 23.2 Å². The van der Waals surface area contributed by atoms with E-state index in [0.717, 1.165) is 0 Å². The Kier molecular flexibility index (Phi) is 4.87. The Morgan fingerprint density at radius 2 is 1.65 bits per heavy atom. The summed E-state index contributed by atoms with van der Waals surface area (Å²) in [6, 6.07) is 0. The summed E-state index contributed by atoms with van der Waals surface area (Å²) in [6.07, 6.45) is -0.106. The van der Waals surface area contributed by atoms with Gasteiger partial charge in [0.1, 0.15) is 0 Å². The first-order valence-electron chi connectivity index (χ1n) is 7.47. The van der Waals surface area contributed by atoms with Gasteiger partial charge in [0.05, 0.1) is 20.3 Å². The largest absolute Gasteiger partial charge is 0.479 e. The molecule has 0 amide bonds. The van der Waals surface area contributed by atoms with Crippen LogP contribution < -0.4 is 4.74 Å². The standard InChI is InChI=1S/C16H20FNO5/c1-5-22-14(19)16(15(20)23-6-2)7-10-9(3)18-13(21-4)12(17)11(10)8-16/h5-8H2,1-4H3. The molecule has 1 aliphatic carbocycles. The van der Waals surface area contributed by atoms with Crippen molar-refractivity contribution in [1.82, 2.24) is 4.98 Å². The summed E-state index contributed by atoms with van der Waals surface area (Å²) in [5.74, 6) is -2.20. The topological polar surface area (TPSA) is 74.7 Å². The molecule has 0 N–H and O–H groups in total. The maximum atomic E-state index is 14.5. The van der Waals surface area contributed by atoms with E-state index in [2.05, 4.69) is 4.98 Å². The van der Waals surface area contributed by atoms with Crippen molar-refractivity contribution in [3.8, 4) is 5.88 Å². The number of ether oxygens (including phenoxy) is 3. The first-order valence-corrected chi connectivity index (χ1v) is 7.47. The van der Waals surface area contributed by atoms with Gasteiger partial charge in [-0.25, -0.2) is 9.37 Å². The van der Waals surface area contributed by atoms with Crippen LogP contribution in [0.1, 0.15) is 30.7 Å². The van der Waals surface area contributed by atoms with Gasteiger partial charge in [0.2, 0.25) is 0 Å². The van der Waals surface area contributed by atoms with Crippen molar-refractivity contribution in [2.24, 2.45) is 5.41 Å². The molecule has 1 aromatic rings. The summed E-state index contributed by atoms with van der Waals surface area (Å²) in [5.41, 5.74) is -0.248. The molecule has 0 unspecified atom stereocenters. The highest BCUT2D eigenvalue weighted by atomic mass is 19.1. The molecule has 7 heteroatoms. The van der Waals surface area contributed by atoms with Crippen molar-refractivity contribution in [3.63, 3.8) is 0 Å². The van der Waals surface area contributed by atoms with E-state index in [1.165, 1.54) is 7.11 Å². The average Bonchev–Trinajstić information content (AvgIpc) is 2.94. The lowest BCUT2D eigenvalue weighted by Gasteiger charge is -2.24. The molecule has 1 aromatic heterocycles. The Labute approximate surface area is 133 Å². The Morgan fingerprint density at radius 3 is 2.13 bits per heavy atom. The molecular formula is C16H20FNO5. The molecule has 0 spiro atoms. The van der Waals surface area contributed by atoms with Crippen molar-refractivity contribution in [2.45, 2.75) is 33.6 Å². The molecule has 0 saturated heterocycles. The van der Waals surface area contributed by atoms with E-state index in [0.29, 0.717) is 11.3 Å². The zero-order valence-electron chi connectivity index (χ0n) is 13.7. The second-order valence-electron chi connectivity index (χ2n) is 5.35. The highest BCUT2D eigenvalue weighted by Gasteiger charge is 2.54. The fourth-order valence-electron chi connectivity index (χ4n) is 2.88. The molecular weight excluding hydrogens is 305 g/mol. The van der Waals surface area contributed by atoms with Gasteiger partial charge in [-0.3, -0.25) is 9.59 Å². The monoisotopic (exact) mass is 325 g/mol. The maximum absolute atomic E-state index is 14.5. The van der Waals surface area contributed by atoms with E-state index in [-0.39, 0.29) is 37.5 Å². The molecule has 0 aromatic carbocycles. The number of nitrogens with zero attached hydrogens (tertiary/aromatic N) is 1. The van der Waals surface area contributed by atoms with Crippen LogP contribution in [0.5, 0.6) is 5.88 Å². The third-order valence-corrected chi connectivity index (χ3v) is 4.01. The van der Waals surface area contributed by atoms with Crippen LogP contribution in [0.2, 0.25) is 0 Å². The van der Waals surface area contributed by atoms with Crippen molar-refractivity contribution in [3.05, 3.63) is 22.6 Å². The van der Waals surface area contributed by atoms with Gasteiger partial charge in [-0.1, -0.05) is 0 Å². The zero-order chi connectivity index (χ0) is 17.2. The lowest BCUT2D eigenvalue weighted by Crippen LogP contribution is -2.43.